The molecular weight excluding hydrogens is 594 g/mol. The highest BCUT2D eigenvalue weighted by Crippen LogP contribution is 2.37. The highest BCUT2D eigenvalue weighted by atomic mass is 35.5. The van der Waals surface area contributed by atoms with Crippen LogP contribution in [-0.2, 0) is 19.6 Å². The average Bonchev–Trinajstić information content (AvgIpc) is 3.71. The minimum atomic E-state index is -3.93. The summed E-state index contributed by atoms with van der Waals surface area (Å²) in [5, 5.41) is 2.88. The molecule has 2 N–H and O–H groups in total. The van der Waals surface area contributed by atoms with Crippen molar-refractivity contribution in [2.75, 3.05) is 26.2 Å². The van der Waals surface area contributed by atoms with Crippen LogP contribution in [0.3, 0.4) is 0 Å². The number of thiophene rings is 2. The molecule has 0 saturated carbocycles. The number of amides is 3. The number of aromatic nitrogens is 1. The van der Waals surface area contributed by atoms with Gasteiger partial charge in [-0.05, 0) is 62.1 Å². The van der Waals surface area contributed by atoms with Crippen molar-refractivity contribution in [3.05, 3.63) is 58.7 Å². The van der Waals surface area contributed by atoms with E-state index in [2.05, 4.69) is 15.0 Å². The Labute approximate surface area is 245 Å². The van der Waals surface area contributed by atoms with Crippen molar-refractivity contribution >= 4 is 62.0 Å². The molecule has 0 unspecified atom stereocenters. The lowest BCUT2D eigenvalue weighted by Gasteiger charge is -2.34. The summed E-state index contributed by atoms with van der Waals surface area (Å²) < 4.78 is 29.5. The zero-order valence-electron chi connectivity index (χ0n) is 21.4. The largest absolute Gasteiger partial charge is 0.350 e. The molecule has 2 saturated heterocycles. The molecule has 0 spiro atoms. The van der Waals surface area contributed by atoms with E-state index in [4.69, 9.17) is 11.6 Å². The Balaban J connectivity index is 1.17. The Hall–Kier alpha value is -2.84. The minimum absolute atomic E-state index is 0.113. The van der Waals surface area contributed by atoms with Crippen LogP contribution in [0.15, 0.2) is 53.0 Å². The van der Waals surface area contributed by atoms with Gasteiger partial charge in [-0.25, -0.2) is 8.42 Å². The Morgan fingerprint density at radius 3 is 2.48 bits per heavy atom. The van der Waals surface area contributed by atoms with Gasteiger partial charge in [0.2, 0.25) is 11.8 Å². The molecule has 2 fully saturated rings. The fourth-order valence-corrected chi connectivity index (χ4v) is 8.62. The van der Waals surface area contributed by atoms with E-state index in [0.717, 1.165) is 33.9 Å². The molecule has 0 radical (unpaired) electrons. The Morgan fingerprint density at radius 1 is 1.00 bits per heavy atom. The number of rotatable bonds is 9. The van der Waals surface area contributed by atoms with E-state index in [0.29, 0.717) is 42.4 Å². The zero-order valence-corrected chi connectivity index (χ0v) is 24.6. The molecular formula is C26H28ClN5O5S3. The van der Waals surface area contributed by atoms with Crippen molar-refractivity contribution in [2.24, 2.45) is 0 Å². The first-order valence-electron chi connectivity index (χ1n) is 12.9. The number of carbonyl (C=O) groups is 3. The predicted octanol–water partition coefficient (Wildman–Crippen LogP) is 3.22. The van der Waals surface area contributed by atoms with Crippen LogP contribution in [0.5, 0.6) is 0 Å². The van der Waals surface area contributed by atoms with Gasteiger partial charge in [0.15, 0.2) is 0 Å². The maximum atomic E-state index is 13.2. The fraction of sp³-hybridized carbons (Fsp3) is 0.385. The van der Waals surface area contributed by atoms with Crippen LogP contribution < -0.4 is 10.0 Å². The van der Waals surface area contributed by atoms with Gasteiger partial charge >= 0.3 is 0 Å². The van der Waals surface area contributed by atoms with E-state index in [-0.39, 0.29) is 28.6 Å². The molecule has 5 heterocycles. The third kappa shape index (κ3) is 6.55. The summed E-state index contributed by atoms with van der Waals surface area (Å²) in [4.78, 5) is 47.5. The van der Waals surface area contributed by atoms with Crippen molar-refractivity contribution in [2.45, 2.75) is 42.0 Å². The lowest BCUT2D eigenvalue weighted by molar-refractivity contribution is -0.143. The van der Waals surface area contributed by atoms with Crippen LogP contribution in [0.4, 0.5) is 0 Å². The van der Waals surface area contributed by atoms with Crippen LogP contribution in [-0.4, -0.2) is 79.2 Å². The molecule has 2 aliphatic rings. The van der Waals surface area contributed by atoms with E-state index in [1.807, 2.05) is 6.07 Å². The third-order valence-electron chi connectivity index (χ3n) is 6.95. The molecule has 3 aromatic rings. The highest BCUT2D eigenvalue weighted by molar-refractivity contribution is 7.91. The smallest absolute Gasteiger partial charge is 0.251 e. The van der Waals surface area contributed by atoms with Gasteiger partial charge in [0, 0.05) is 53.4 Å². The average molecular weight is 622 g/mol. The predicted molar refractivity (Wildman–Crippen MR) is 154 cm³/mol. The molecule has 3 amide bonds. The molecule has 14 heteroatoms. The highest BCUT2D eigenvalue weighted by Gasteiger charge is 2.36. The second-order valence-electron chi connectivity index (χ2n) is 9.63. The number of hydrogen-bond acceptors (Lipinski definition) is 8. The van der Waals surface area contributed by atoms with Crippen molar-refractivity contribution in [3.63, 3.8) is 0 Å². The van der Waals surface area contributed by atoms with E-state index >= 15 is 0 Å². The maximum absolute atomic E-state index is 13.2. The van der Waals surface area contributed by atoms with Gasteiger partial charge < -0.3 is 15.1 Å². The molecule has 10 nitrogen and oxygen atoms in total. The zero-order chi connectivity index (χ0) is 28.3. The Kier molecular flexibility index (Phi) is 8.86. The van der Waals surface area contributed by atoms with Crippen molar-refractivity contribution < 1.29 is 22.8 Å². The number of likely N-dealkylation sites (tertiary alicyclic amines) is 2. The second-order valence-corrected chi connectivity index (χ2v) is 14.4. The summed E-state index contributed by atoms with van der Waals surface area (Å²) in [5.74, 6) is -0.859. The molecule has 40 heavy (non-hydrogen) atoms. The molecule has 212 valence electrons. The van der Waals surface area contributed by atoms with Gasteiger partial charge in [0.25, 0.3) is 15.9 Å². The number of nitrogens with one attached hydrogen (secondary N) is 2. The van der Waals surface area contributed by atoms with Gasteiger partial charge in [0.1, 0.15) is 10.3 Å². The molecule has 5 rings (SSSR count). The summed E-state index contributed by atoms with van der Waals surface area (Å²) >= 11 is 8.48. The van der Waals surface area contributed by atoms with Gasteiger partial charge in [-0.2, -0.15) is 4.72 Å². The monoisotopic (exact) mass is 621 g/mol. The topological polar surface area (TPSA) is 129 Å². The number of carbonyl (C=O) groups excluding carboxylic acids is 3. The number of hydrogen-bond donors (Lipinski definition) is 2. The summed E-state index contributed by atoms with van der Waals surface area (Å²) in [5.41, 5.74) is 0.493. The lowest BCUT2D eigenvalue weighted by atomic mass is 10.1. The van der Waals surface area contributed by atoms with Gasteiger partial charge in [-0.1, -0.05) is 11.6 Å². The van der Waals surface area contributed by atoms with Crippen LogP contribution in [0.2, 0.25) is 4.34 Å². The first kappa shape index (κ1) is 28.7. The van der Waals surface area contributed by atoms with Crippen molar-refractivity contribution in [3.8, 4) is 9.75 Å². The fourth-order valence-electron chi connectivity index (χ4n) is 4.94. The van der Waals surface area contributed by atoms with E-state index in [1.165, 1.54) is 22.3 Å². The molecule has 0 bridgehead atoms. The van der Waals surface area contributed by atoms with Crippen LogP contribution >= 0.6 is 34.3 Å². The first-order valence-corrected chi connectivity index (χ1v) is 16.3. The third-order valence-corrected chi connectivity index (χ3v) is 11.4. The number of pyridine rings is 1. The number of sulfonamides is 1. The second kappa shape index (κ2) is 12.4. The number of halogens is 1. The van der Waals surface area contributed by atoms with E-state index in [9.17, 15) is 22.8 Å². The molecule has 2 aliphatic heterocycles. The van der Waals surface area contributed by atoms with Crippen molar-refractivity contribution in [1.82, 2.24) is 24.8 Å². The Bertz CT molecular complexity index is 1490. The molecule has 0 aliphatic carbocycles. The van der Waals surface area contributed by atoms with Crippen molar-refractivity contribution in [1.29, 1.82) is 0 Å². The van der Waals surface area contributed by atoms with Crippen LogP contribution in [0.25, 0.3) is 9.75 Å². The summed E-state index contributed by atoms with van der Waals surface area (Å²) in [6.45, 7) is 1.10. The lowest BCUT2D eigenvalue weighted by Crippen LogP contribution is -2.55. The summed E-state index contributed by atoms with van der Waals surface area (Å²) in [7, 11) is -3.93. The molecule has 2 atom stereocenters. The van der Waals surface area contributed by atoms with Crippen LogP contribution in [0.1, 0.15) is 36.0 Å². The van der Waals surface area contributed by atoms with Gasteiger partial charge in [0.05, 0.1) is 10.9 Å². The van der Waals surface area contributed by atoms with E-state index in [1.54, 1.807) is 41.6 Å². The number of piperidine rings is 1. The Morgan fingerprint density at radius 2 is 1.73 bits per heavy atom. The standard InChI is InChI=1S/C26H28ClN5O5S3/c27-22-7-5-20(38-22)21-6-8-24(39-21)40(36,37)30-19-4-2-13-31(26(19)35)16-23(33)32-14-1-3-18(32)15-29-25(34)17-9-11-28-12-10-17/h5-12,18-19,30H,1-4,13-16H2,(H,29,34)/t18-,19-/m0/s1. The van der Waals surface area contributed by atoms with Gasteiger partial charge in [-0.3, -0.25) is 19.4 Å². The first-order chi connectivity index (χ1) is 19.2. The minimum Gasteiger partial charge on any atom is -0.350 e. The summed E-state index contributed by atoms with van der Waals surface area (Å²) in [6.07, 6.45) is 5.57. The SMILES string of the molecule is O=C(NC[C@@H]1CCCN1C(=O)CN1CCC[C@H](NS(=O)(=O)c2ccc(-c3ccc(Cl)s3)s2)C1=O)c1ccncc1. The summed E-state index contributed by atoms with van der Waals surface area (Å²) in [6, 6.07) is 8.97. The molecule has 3 aromatic heterocycles. The van der Waals surface area contributed by atoms with Gasteiger partial charge in [-0.15, -0.1) is 22.7 Å². The molecule has 0 aromatic carbocycles. The quantitative estimate of drug-likeness (QED) is 0.378. The van der Waals surface area contributed by atoms with Crippen LogP contribution in [0, 0.1) is 0 Å². The maximum Gasteiger partial charge on any atom is 0.251 e. The van der Waals surface area contributed by atoms with E-state index < -0.39 is 22.0 Å². The number of nitrogens with zero attached hydrogens (tertiary/aromatic N) is 3. The normalized spacial score (nSPS) is 19.7.